The molecule has 4 N–H and O–H groups in total. The third-order valence-electron chi connectivity index (χ3n) is 2.65. The lowest BCUT2D eigenvalue weighted by Crippen LogP contribution is -2.35. The summed E-state index contributed by atoms with van der Waals surface area (Å²) in [6.45, 7) is 0.574. The molecule has 0 spiro atoms. The molecule has 0 saturated heterocycles. The standard InChI is InChI=1S/C13H20N2O4/c1-18-7-3-4-10(14)13(17)15-9-5-6-12(19-2)11(16)8-9/h5-6,8,10,16H,3-4,7,14H2,1-2H3,(H,15,17). The molecule has 1 atom stereocenters. The van der Waals surface area contributed by atoms with E-state index in [4.69, 9.17) is 15.2 Å². The van der Waals surface area contributed by atoms with Crippen molar-refractivity contribution >= 4 is 11.6 Å². The van der Waals surface area contributed by atoms with Gasteiger partial charge >= 0.3 is 0 Å². The Kier molecular flexibility index (Phi) is 6.11. The van der Waals surface area contributed by atoms with E-state index in [1.54, 1.807) is 19.2 Å². The van der Waals surface area contributed by atoms with Crippen molar-refractivity contribution in [3.8, 4) is 11.5 Å². The molecule has 1 unspecified atom stereocenters. The molecule has 6 nitrogen and oxygen atoms in total. The predicted molar refractivity (Wildman–Crippen MR) is 72.4 cm³/mol. The first kappa shape index (κ1) is 15.3. The monoisotopic (exact) mass is 268 g/mol. The van der Waals surface area contributed by atoms with Crippen molar-refractivity contribution in [1.82, 2.24) is 0 Å². The summed E-state index contributed by atoms with van der Waals surface area (Å²) in [5.41, 5.74) is 6.22. The van der Waals surface area contributed by atoms with Crippen LogP contribution in [0.2, 0.25) is 0 Å². The Hall–Kier alpha value is -1.79. The van der Waals surface area contributed by atoms with Gasteiger partial charge in [-0.1, -0.05) is 0 Å². The highest BCUT2D eigenvalue weighted by molar-refractivity contribution is 5.94. The van der Waals surface area contributed by atoms with Gasteiger partial charge < -0.3 is 25.6 Å². The van der Waals surface area contributed by atoms with E-state index in [0.717, 1.165) is 6.42 Å². The van der Waals surface area contributed by atoms with Gasteiger partial charge in [0.15, 0.2) is 11.5 Å². The van der Waals surface area contributed by atoms with Crippen LogP contribution in [0, 0.1) is 0 Å². The number of methoxy groups -OCH3 is 2. The average molecular weight is 268 g/mol. The van der Waals surface area contributed by atoms with Gasteiger partial charge in [-0.05, 0) is 25.0 Å². The van der Waals surface area contributed by atoms with E-state index in [1.807, 2.05) is 0 Å². The number of carbonyl (C=O) groups excluding carboxylic acids is 1. The Labute approximate surface area is 112 Å². The van der Waals surface area contributed by atoms with E-state index in [1.165, 1.54) is 13.2 Å². The van der Waals surface area contributed by atoms with E-state index in [-0.39, 0.29) is 11.7 Å². The van der Waals surface area contributed by atoms with E-state index in [2.05, 4.69) is 5.32 Å². The molecule has 0 radical (unpaired) electrons. The van der Waals surface area contributed by atoms with Crippen LogP contribution in [-0.4, -0.2) is 37.9 Å². The molecule has 0 aliphatic rings. The van der Waals surface area contributed by atoms with Crippen LogP contribution in [0.1, 0.15) is 12.8 Å². The number of phenolic OH excluding ortho intramolecular Hbond substituents is 1. The number of benzene rings is 1. The third-order valence-corrected chi connectivity index (χ3v) is 2.65. The van der Waals surface area contributed by atoms with E-state index >= 15 is 0 Å². The first-order valence-corrected chi connectivity index (χ1v) is 6.01. The van der Waals surface area contributed by atoms with Gasteiger partial charge in [-0.15, -0.1) is 0 Å². The van der Waals surface area contributed by atoms with Gasteiger partial charge in [-0.25, -0.2) is 0 Å². The van der Waals surface area contributed by atoms with Crippen molar-refractivity contribution in [3.05, 3.63) is 18.2 Å². The molecule has 0 aliphatic carbocycles. The number of phenols is 1. The Morgan fingerprint density at radius 2 is 2.21 bits per heavy atom. The largest absolute Gasteiger partial charge is 0.504 e. The molecule has 19 heavy (non-hydrogen) atoms. The second-order valence-corrected chi connectivity index (χ2v) is 4.12. The zero-order valence-corrected chi connectivity index (χ0v) is 11.2. The summed E-state index contributed by atoms with van der Waals surface area (Å²) in [5, 5.41) is 12.2. The highest BCUT2D eigenvalue weighted by atomic mass is 16.5. The SMILES string of the molecule is COCCCC(N)C(=O)Nc1ccc(OC)c(O)c1. The Balaban J connectivity index is 2.54. The number of hydrogen-bond acceptors (Lipinski definition) is 5. The first-order valence-electron chi connectivity index (χ1n) is 6.01. The summed E-state index contributed by atoms with van der Waals surface area (Å²) in [6.07, 6.45) is 1.26. The van der Waals surface area contributed by atoms with E-state index in [9.17, 15) is 9.90 Å². The summed E-state index contributed by atoms with van der Waals surface area (Å²) in [5.74, 6) is 0.0244. The molecule has 6 heteroatoms. The van der Waals surface area contributed by atoms with Crippen LogP contribution >= 0.6 is 0 Å². The van der Waals surface area contributed by atoms with Crippen LogP contribution < -0.4 is 15.8 Å². The van der Waals surface area contributed by atoms with Crippen LogP contribution in [-0.2, 0) is 9.53 Å². The van der Waals surface area contributed by atoms with Gasteiger partial charge in [0.25, 0.3) is 0 Å². The maximum Gasteiger partial charge on any atom is 0.241 e. The number of nitrogens with one attached hydrogen (secondary N) is 1. The topological polar surface area (TPSA) is 93.8 Å². The second-order valence-electron chi connectivity index (χ2n) is 4.12. The molecule has 1 rings (SSSR count). The Morgan fingerprint density at radius 1 is 1.47 bits per heavy atom. The zero-order valence-electron chi connectivity index (χ0n) is 11.2. The van der Waals surface area contributed by atoms with Crippen molar-refractivity contribution in [2.24, 2.45) is 5.73 Å². The summed E-state index contributed by atoms with van der Waals surface area (Å²) in [4.78, 5) is 11.8. The highest BCUT2D eigenvalue weighted by Gasteiger charge is 2.13. The number of rotatable bonds is 7. The van der Waals surface area contributed by atoms with Gasteiger partial charge in [-0.2, -0.15) is 0 Å². The molecule has 1 aromatic rings. The molecule has 1 amide bonds. The summed E-state index contributed by atoms with van der Waals surface area (Å²) >= 11 is 0. The lowest BCUT2D eigenvalue weighted by molar-refractivity contribution is -0.117. The molecular formula is C13H20N2O4. The van der Waals surface area contributed by atoms with Crippen LogP contribution in [0.4, 0.5) is 5.69 Å². The third kappa shape index (κ3) is 4.76. The molecular weight excluding hydrogens is 248 g/mol. The fourth-order valence-corrected chi connectivity index (χ4v) is 1.58. The van der Waals surface area contributed by atoms with Crippen molar-refractivity contribution in [2.45, 2.75) is 18.9 Å². The molecule has 0 aromatic heterocycles. The van der Waals surface area contributed by atoms with E-state index in [0.29, 0.717) is 24.5 Å². The highest BCUT2D eigenvalue weighted by Crippen LogP contribution is 2.28. The number of aromatic hydroxyl groups is 1. The van der Waals surface area contributed by atoms with Crippen LogP contribution in [0.25, 0.3) is 0 Å². The summed E-state index contributed by atoms with van der Waals surface area (Å²) < 4.78 is 9.81. The molecule has 1 aromatic carbocycles. The molecule has 0 heterocycles. The molecule has 0 fully saturated rings. The van der Waals surface area contributed by atoms with Gasteiger partial charge in [0.1, 0.15) is 0 Å². The smallest absolute Gasteiger partial charge is 0.241 e. The zero-order chi connectivity index (χ0) is 14.3. The molecule has 0 bridgehead atoms. The molecule has 0 saturated carbocycles. The lowest BCUT2D eigenvalue weighted by atomic mass is 10.1. The van der Waals surface area contributed by atoms with Gasteiger partial charge in [-0.3, -0.25) is 4.79 Å². The van der Waals surface area contributed by atoms with Gasteiger partial charge in [0.05, 0.1) is 13.2 Å². The lowest BCUT2D eigenvalue weighted by Gasteiger charge is -2.12. The minimum Gasteiger partial charge on any atom is -0.504 e. The quantitative estimate of drug-likeness (QED) is 0.644. The van der Waals surface area contributed by atoms with Crippen LogP contribution in [0.5, 0.6) is 11.5 Å². The number of ether oxygens (including phenoxy) is 2. The maximum atomic E-state index is 11.8. The maximum absolute atomic E-state index is 11.8. The number of anilines is 1. The Bertz CT molecular complexity index is 423. The number of carbonyl (C=O) groups is 1. The summed E-state index contributed by atoms with van der Waals surface area (Å²) in [7, 11) is 3.06. The van der Waals surface area contributed by atoms with Gasteiger partial charge in [0.2, 0.25) is 5.91 Å². The fourth-order valence-electron chi connectivity index (χ4n) is 1.58. The van der Waals surface area contributed by atoms with Crippen LogP contribution in [0.15, 0.2) is 18.2 Å². The number of amides is 1. The van der Waals surface area contributed by atoms with Crippen molar-refractivity contribution in [3.63, 3.8) is 0 Å². The van der Waals surface area contributed by atoms with Crippen molar-refractivity contribution in [2.75, 3.05) is 26.1 Å². The van der Waals surface area contributed by atoms with E-state index < -0.39 is 6.04 Å². The average Bonchev–Trinajstić information content (AvgIpc) is 2.39. The number of nitrogens with two attached hydrogens (primary N) is 1. The minimum atomic E-state index is -0.598. The minimum absolute atomic E-state index is 0.0340. The first-order chi connectivity index (χ1) is 9.08. The predicted octanol–water partition coefficient (Wildman–Crippen LogP) is 1.09. The fraction of sp³-hybridized carbons (Fsp3) is 0.462. The second kappa shape index (κ2) is 7.60. The molecule has 106 valence electrons. The number of hydrogen-bond donors (Lipinski definition) is 3. The van der Waals surface area contributed by atoms with Crippen molar-refractivity contribution in [1.29, 1.82) is 0 Å². The summed E-state index contributed by atoms with van der Waals surface area (Å²) in [6, 6.07) is 4.03. The Morgan fingerprint density at radius 3 is 2.79 bits per heavy atom. The molecule has 0 aliphatic heterocycles. The van der Waals surface area contributed by atoms with Crippen LogP contribution in [0.3, 0.4) is 0 Å². The normalized spacial score (nSPS) is 11.9. The van der Waals surface area contributed by atoms with Crippen molar-refractivity contribution < 1.29 is 19.4 Å². The van der Waals surface area contributed by atoms with Gasteiger partial charge in [0, 0.05) is 25.5 Å².